The number of ether oxygens (including phenoxy) is 1. The van der Waals surface area contributed by atoms with Crippen molar-refractivity contribution in [2.75, 3.05) is 0 Å². The molecule has 1 atom stereocenters. The summed E-state index contributed by atoms with van der Waals surface area (Å²) in [5, 5.41) is 9.39. The van der Waals surface area contributed by atoms with E-state index in [2.05, 4.69) is 15.9 Å². The van der Waals surface area contributed by atoms with Crippen molar-refractivity contribution in [3.63, 3.8) is 0 Å². The minimum absolute atomic E-state index is 0.449. The molecular formula is C14H13BrO2. The van der Waals surface area contributed by atoms with Gasteiger partial charge in [0.15, 0.2) is 0 Å². The van der Waals surface area contributed by atoms with Crippen LogP contribution in [0, 0.1) is 0 Å². The van der Waals surface area contributed by atoms with E-state index in [9.17, 15) is 5.11 Å². The first-order chi connectivity index (χ1) is 8.15. The molecule has 0 saturated carbocycles. The van der Waals surface area contributed by atoms with Gasteiger partial charge in [-0.25, -0.2) is 0 Å². The van der Waals surface area contributed by atoms with Crippen LogP contribution in [0.4, 0.5) is 0 Å². The van der Waals surface area contributed by atoms with E-state index in [-0.39, 0.29) is 0 Å². The molecule has 0 aliphatic carbocycles. The van der Waals surface area contributed by atoms with E-state index in [1.165, 1.54) is 0 Å². The van der Waals surface area contributed by atoms with Crippen molar-refractivity contribution in [3.8, 4) is 11.5 Å². The molecule has 0 radical (unpaired) electrons. The van der Waals surface area contributed by atoms with Crippen molar-refractivity contribution in [1.82, 2.24) is 0 Å². The van der Waals surface area contributed by atoms with Crippen LogP contribution in [0.1, 0.15) is 18.6 Å². The molecule has 2 aromatic rings. The number of hydrogen-bond donors (Lipinski definition) is 1. The molecule has 2 aromatic carbocycles. The van der Waals surface area contributed by atoms with Gasteiger partial charge in [-0.05, 0) is 42.8 Å². The largest absolute Gasteiger partial charge is 0.457 e. The molecule has 1 N–H and O–H groups in total. The molecular weight excluding hydrogens is 280 g/mol. The standard InChI is InChI=1S/C14H13BrO2/c1-10(16)11-5-7-13(8-6-11)17-14-4-2-3-12(15)9-14/h2-10,16H,1H3. The predicted octanol–water partition coefficient (Wildman–Crippen LogP) is 4.29. The lowest BCUT2D eigenvalue weighted by atomic mass is 10.1. The summed E-state index contributed by atoms with van der Waals surface area (Å²) < 4.78 is 6.66. The van der Waals surface area contributed by atoms with Gasteiger partial charge in [0.2, 0.25) is 0 Å². The van der Waals surface area contributed by atoms with Crippen molar-refractivity contribution >= 4 is 15.9 Å². The summed E-state index contributed by atoms with van der Waals surface area (Å²) in [5.41, 5.74) is 0.881. The quantitative estimate of drug-likeness (QED) is 0.914. The highest BCUT2D eigenvalue weighted by Gasteiger charge is 2.01. The molecule has 2 nitrogen and oxygen atoms in total. The third-order valence-electron chi connectivity index (χ3n) is 2.39. The lowest BCUT2D eigenvalue weighted by Gasteiger charge is -2.08. The predicted molar refractivity (Wildman–Crippen MR) is 71.3 cm³/mol. The molecule has 17 heavy (non-hydrogen) atoms. The maximum absolute atomic E-state index is 9.39. The molecule has 0 bridgehead atoms. The molecule has 2 rings (SSSR count). The maximum atomic E-state index is 9.39. The molecule has 0 fully saturated rings. The maximum Gasteiger partial charge on any atom is 0.128 e. The van der Waals surface area contributed by atoms with Crippen LogP contribution in [-0.4, -0.2) is 5.11 Å². The fourth-order valence-electron chi connectivity index (χ4n) is 1.48. The smallest absolute Gasteiger partial charge is 0.128 e. The summed E-state index contributed by atoms with van der Waals surface area (Å²) in [4.78, 5) is 0. The van der Waals surface area contributed by atoms with E-state index < -0.39 is 6.10 Å². The third-order valence-corrected chi connectivity index (χ3v) is 2.89. The van der Waals surface area contributed by atoms with Crippen LogP contribution in [-0.2, 0) is 0 Å². The number of aliphatic hydroxyl groups excluding tert-OH is 1. The van der Waals surface area contributed by atoms with Crippen molar-refractivity contribution in [3.05, 3.63) is 58.6 Å². The Morgan fingerprint density at radius 1 is 1.06 bits per heavy atom. The molecule has 3 heteroatoms. The summed E-state index contributed by atoms with van der Waals surface area (Å²) in [5.74, 6) is 1.54. The summed E-state index contributed by atoms with van der Waals surface area (Å²) >= 11 is 3.39. The Kier molecular flexibility index (Phi) is 3.82. The summed E-state index contributed by atoms with van der Waals surface area (Å²) in [7, 11) is 0. The highest BCUT2D eigenvalue weighted by atomic mass is 79.9. The zero-order valence-corrected chi connectivity index (χ0v) is 11.0. The SMILES string of the molecule is CC(O)c1ccc(Oc2cccc(Br)c2)cc1. The Morgan fingerprint density at radius 3 is 2.35 bits per heavy atom. The Bertz CT molecular complexity index is 492. The van der Waals surface area contributed by atoms with Gasteiger partial charge in [0.05, 0.1) is 6.10 Å². The summed E-state index contributed by atoms with van der Waals surface area (Å²) in [6, 6.07) is 15.1. The molecule has 0 spiro atoms. The van der Waals surface area contributed by atoms with Crippen molar-refractivity contribution in [1.29, 1.82) is 0 Å². The third kappa shape index (κ3) is 3.32. The minimum atomic E-state index is -0.449. The molecule has 0 aliphatic heterocycles. The Balaban J connectivity index is 2.14. The fourth-order valence-corrected chi connectivity index (χ4v) is 1.86. The number of benzene rings is 2. The lowest BCUT2D eigenvalue weighted by Crippen LogP contribution is -1.90. The van der Waals surface area contributed by atoms with Gasteiger partial charge in [-0.2, -0.15) is 0 Å². The highest BCUT2D eigenvalue weighted by Crippen LogP contribution is 2.25. The topological polar surface area (TPSA) is 29.5 Å². The Labute approximate surface area is 109 Å². The normalized spacial score (nSPS) is 12.2. The molecule has 1 unspecified atom stereocenters. The van der Waals surface area contributed by atoms with E-state index in [1.807, 2.05) is 48.5 Å². The number of rotatable bonds is 3. The van der Waals surface area contributed by atoms with Crippen LogP contribution in [0.3, 0.4) is 0 Å². The summed E-state index contributed by atoms with van der Waals surface area (Å²) in [6.07, 6.45) is -0.449. The van der Waals surface area contributed by atoms with Crippen molar-refractivity contribution < 1.29 is 9.84 Å². The van der Waals surface area contributed by atoms with Crippen LogP contribution in [0.5, 0.6) is 11.5 Å². The minimum Gasteiger partial charge on any atom is -0.457 e. The first-order valence-corrected chi connectivity index (χ1v) is 6.16. The number of aliphatic hydroxyl groups is 1. The Morgan fingerprint density at radius 2 is 1.76 bits per heavy atom. The average Bonchev–Trinajstić information content (AvgIpc) is 2.29. The van der Waals surface area contributed by atoms with E-state index in [4.69, 9.17) is 4.74 Å². The first kappa shape index (κ1) is 12.1. The van der Waals surface area contributed by atoms with Gasteiger partial charge < -0.3 is 9.84 Å². The van der Waals surface area contributed by atoms with Gasteiger partial charge in [-0.15, -0.1) is 0 Å². The van der Waals surface area contributed by atoms with Gasteiger partial charge >= 0.3 is 0 Å². The highest BCUT2D eigenvalue weighted by molar-refractivity contribution is 9.10. The van der Waals surface area contributed by atoms with Crippen LogP contribution in [0.25, 0.3) is 0 Å². The number of hydrogen-bond acceptors (Lipinski definition) is 2. The molecule has 0 amide bonds. The van der Waals surface area contributed by atoms with Crippen molar-refractivity contribution in [2.45, 2.75) is 13.0 Å². The van der Waals surface area contributed by atoms with Crippen molar-refractivity contribution in [2.24, 2.45) is 0 Å². The monoisotopic (exact) mass is 292 g/mol. The fraction of sp³-hybridized carbons (Fsp3) is 0.143. The molecule has 0 heterocycles. The zero-order chi connectivity index (χ0) is 12.3. The van der Waals surface area contributed by atoms with Crippen LogP contribution in [0.15, 0.2) is 53.0 Å². The molecule has 88 valence electrons. The average molecular weight is 293 g/mol. The first-order valence-electron chi connectivity index (χ1n) is 5.36. The van der Waals surface area contributed by atoms with Gasteiger partial charge in [-0.3, -0.25) is 0 Å². The zero-order valence-electron chi connectivity index (χ0n) is 9.43. The molecule has 0 aromatic heterocycles. The second-order valence-corrected chi connectivity index (χ2v) is 4.72. The molecule has 0 aliphatic rings. The molecule has 0 saturated heterocycles. The lowest BCUT2D eigenvalue weighted by molar-refractivity contribution is 0.199. The van der Waals surface area contributed by atoms with Crippen LogP contribution >= 0.6 is 15.9 Å². The van der Waals surface area contributed by atoms with Gasteiger partial charge in [0.25, 0.3) is 0 Å². The number of halogens is 1. The second-order valence-electron chi connectivity index (χ2n) is 3.80. The van der Waals surface area contributed by atoms with E-state index in [0.717, 1.165) is 21.5 Å². The van der Waals surface area contributed by atoms with Gasteiger partial charge in [0.1, 0.15) is 11.5 Å². The second kappa shape index (κ2) is 5.34. The van der Waals surface area contributed by atoms with E-state index in [1.54, 1.807) is 6.92 Å². The summed E-state index contributed by atoms with van der Waals surface area (Å²) in [6.45, 7) is 1.74. The van der Waals surface area contributed by atoms with E-state index in [0.29, 0.717) is 0 Å². The van der Waals surface area contributed by atoms with Gasteiger partial charge in [0, 0.05) is 4.47 Å². The van der Waals surface area contributed by atoms with E-state index >= 15 is 0 Å². The van der Waals surface area contributed by atoms with Crippen LogP contribution < -0.4 is 4.74 Å². The van der Waals surface area contributed by atoms with Crippen LogP contribution in [0.2, 0.25) is 0 Å². The Hall–Kier alpha value is -1.32. The van der Waals surface area contributed by atoms with Gasteiger partial charge in [-0.1, -0.05) is 34.1 Å².